The number of aliphatic hydroxyl groups is 1. The molecule has 0 bridgehead atoms. The molecule has 0 aromatic heterocycles. The second-order valence-electron chi connectivity index (χ2n) is 11.8. The summed E-state index contributed by atoms with van der Waals surface area (Å²) in [5.74, 6) is 0.859. The average molecular weight is 583 g/mol. The van der Waals surface area contributed by atoms with Gasteiger partial charge in [0.2, 0.25) is 0 Å². The van der Waals surface area contributed by atoms with Crippen molar-refractivity contribution >= 4 is 17.5 Å². The molecule has 2 aliphatic rings. The molecule has 1 unspecified atom stereocenters. The number of aryl methyl sites for hydroxylation is 1. The number of unbranched alkanes of at least 4 members (excludes halogenated alkanes) is 2. The van der Waals surface area contributed by atoms with Gasteiger partial charge in [-0.25, -0.2) is 0 Å². The van der Waals surface area contributed by atoms with Crippen molar-refractivity contribution in [3.05, 3.63) is 113 Å². The Bertz CT molecular complexity index is 1200. The summed E-state index contributed by atoms with van der Waals surface area (Å²) >= 11 is 0. The van der Waals surface area contributed by atoms with E-state index in [2.05, 4.69) is 111 Å². The number of aliphatic hydroxyl groups excluding tert-OH is 1. The van der Waals surface area contributed by atoms with Crippen LogP contribution in [0.5, 0.6) is 0 Å². The minimum absolute atomic E-state index is 0.259. The van der Waals surface area contributed by atoms with Gasteiger partial charge in [-0.15, -0.1) is 6.58 Å². The Balaban J connectivity index is 0.000000209. The first-order valence-corrected chi connectivity index (χ1v) is 16.5. The molecule has 3 N–H and O–H groups in total. The SMILES string of the molecule is C=CCc1ccc(CC(C)O)cc1.CCCCC.CNc1cc(C2CC2)ccc1C.CNc1ccc(C=C2CCC2)cc1. The van der Waals surface area contributed by atoms with E-state index in [-0.39, 0.29) is 6.10 Å². The summed E-state index contributed by atoms with van der Waals surface area (Å²) in [6.45, 7) is 12.1. The maximum absolute atomic E-state index is 9.16. The normalized spacial score (nSPS) is 13.8. The third-order valence-electron chi connectivity index (χ3n) is 7.79. The molecular weight excluding hydrogens is 524 g/mol. The molecule has 1 atom stereocenters. The van der Waals surface area contributed by atoms with Crippen molar-refractivity contribution in [2.75, 3.05) is 24.7 Å². The lowest BCUT2D eigenvalue weighted by atomic mass is 9.91. The number of rotatable bonds is 10. The lowest BCUT2D eigenvalue weighted by Gasteiger charge is -2.15. The van der Waals surface area contributed by atoms with Crippen molar-refractivity contribution < 1.29 is 5.11 Å². The highest BCUT2D eigenvalue weighted by molar-refractivity contribution is 5.58. The molecule has 234 valence electrons. The van der Waals surface area contributed by atoms with Gasteiger partial charge in [-0.1, -0.05) is 99.4 Å². The fraction of sp³-hybridized carbons (Fsp3) is 0.450. The summed E-state index contributed by atoms with van der Waals surface area (Å²) in [4.78, 5) is 0. The van der Waals surface area contributed by atoms with Crippen molar-refractivity contribution in [1.29, 1.82) is 0 Å². The zero-order valence-electron chi connectivity index (χ0n) is 27.9. The van der Waals surface area contributed by atoms with E-state index in [0.717, 1.165) is 18.8 Å². The predicted octanol–water partition coefficient (Wildman–Crippen LogP) is 10.7. The molecule has 5 rings (SSSR count). The van der Waals surface area contributed by atoms with Crippen LogP contribution in [0.4, 0.5) is 11.4 Å². The van der Waals surface area contributed by atoms with E-state index >= 15 is 0 Å². The fourth-order valence-electron chi connectivity index (χ4n) is 4.76. The molecule has 2 fully saturated rings. The highest BCUT2D eigenvalue weighted by Gasteiger charge is 2.23. The van der Waals surface area contributed by atoms with Gasteiger partial charge in [0, 0.05) is 25.5 Å². The van der Waals surface area contributed by atoms with E-state index in [0.29, 0.717) is 0 Å². The van der Waals surface area contributed by atoms with Crippen molar-refractivity contribution in [1.82, 2.24) is 0 Å². The Morgan fingerprint density at radius 1 is 0.884 bits per heavy atom. The number of nitrogens with one attached hydrogen (secondary N) is 2. The molecule has 43 heavy (non-hydrogen) atoms. The highest BCUT2D eigenvalue weighted by atomic mass is 16.3. The van der Waals surface area contributed by atoms with E-state index in [1.54, 1.807) is 12.5 Å². The summed E-state index contributed by atoms with van der Waals surface area (Å²) in [5, 5.41) is 15.5. The van der Waals surface area contributed by atoms with Crippen LogP contribution < -0.4 is 10.6 Å². The first-order valence-electron chi connectivity index (χ1n) is 16.5. The highest BCUT2D eigenvalue weighted by Crippen LogP contribution is 2.41. The Morgan fingerprint density at radius 2 is 1.51 bits per heavy atom. The lowest BCUT2D eigenvalue weighted by molar-refractivity contribution is 0.195. The molecule has 3 heteroatoms. The van der Waals surface area contributed by atoms with Gasteiger partial charge in [0.25, 0.3) is 0 Å². The molecule has 2 aliphatic carbocycles. The third-order valence-corrected chi connectivity index (χ3v) is 7.79. The monoisotopic (exact) mass is 582 g/mol. The molecule has 3 aromatic carbocycles. The fourth-order valence-corrected chi connectivity index (χ4v) is 4.76. The summed E-state index contributed by atoms with van der Waals surface area (Å²) < 4.78 is 0. The van der Waals surface area contributed by atoms with Crippen LogP contribution in [0.2, 0.25) is 0 Å². The van der Waals surface area contributed by atoms with E-state index in [9.17, 15) is 0 Å². The number of hydrogen-bond donors (Lipinski definition) is 3. The molecule has 3 nitrogen and oxygen atoms in total. The van der Waals surface area contributed by atoms with Crippen LogP contribution >= 0.6 is 0 Å². The van der Waals surface area contributed by atoms with Gasteiger partial charge >= 0.3 is 0 Å². The van der Waals surface area contributed by atoms with Gasteiger partial charge in [-0.3, -0.25) is 0 Å². The standard InChI is InChI=1S/C12H15N.C12H16O.C11H15N.C5H12/c1-13-12-7-5-11(6-8-12)9-10-3-2-4-10;1-3-4-11-5-7-12(8-6-11)9-10(2)13;1-8-3-4-10(9-5-6-9)7-11(8)12-2;1-3-5-4-2/h5-9,13H,2-4H2,1H3;3,5-8,10,13H,1,4,9H2,2H3;3-4,7,9,12H,5-6H2,1-2H3;3-5H2,1-2H3. The maximum atomic E-state index is 9.16. The average Bonchev–Trinajstić information content (AvgIpc) is 3.84. The minimum atomic E-state index is -0.259. The molecule has 0 spiro atoms. The van der Waals surface area contributed by atoms with Crippen molar-refractivity contribution in [2.24, 2.45) is 0 Å². The van der Waals surface area contributed by atoms with Gasteiger partial charge in [-0.2, -0.15) is 0 Å². The second kappa shape index (κ2) is 20.6. The largest absolute Gasteiger partial charge is 0.393 e. The quantitative estimate of drug-likeness (QED) is 0.208. The van der Waals surface area contributed by atoms with Crippen LogP contribution in [0.1, 0.15) is 106 Å². The topological polar surface area (TPSA) is 44.3 Å². The zero-order chi connectivity index (χ0) is 31.5. The zero-order valence-corrected chi connectivity index (χ0v) is 27.9. The Labute approximate surface area is 263 Å². The molecule has 0 amide bonds. The van der Waals surface area contributed by atoms with E-state index in [4.69, 9.17) is 5.11 Å². The smallest absolute Gasteiger partial charge is 0.0552 e. The predicted molar refractivity (Wildman–Crippen MR) is 191 cm³/mol. The van der Waals surface area contributed by atoms with Gasteiger partial charge in [0.15, 0.2) is 0 Å². The number of allylic oxidation sites excluding steroid dienone is 2. The summed E-state index contributed by atoms with van der Waals surface area (Å²) in [5.41, 5.74) is 10.7. The summed E-state index contributed by atoms with van der Waals surface area (Å²) in [6.07, 6.45) is 16.4. The van der Waals surface area contributed by atoms with Crippen molar-refractivity contribution in [3.8, 4) is 0 Å². The molecule has 0 aliphatic heterocycles. The van der Waals surface area contributed by atoms with Gasteiger partial charge in [0.1, 0.15) is 0 Å². The third kappa shape index (κ3) is 14.6. The van der Waals surface area contributed by atoms with Crippen molar-refractivity contribution in [2.45, 2.75) is 104 Å². The van der Waals surface area contributed by atoms with Gasteiger partial charge in [0.05, 0.1) is 6.10 Å². The number of anilines is 2. The first-order chi connectivity index (χ1) is 20.8. The number of benzene rings is 3. The van der Waals surface area contributed by atoms with Crippen LogP contribution in [-0.2, 0) is 12.8 Å². The van der Waals surface area contributed by atoms with Crippen LogP contribution in [0.15, 0.2) is 85.0 Å². The lowest BCUT2D eigenvalue weighted by Crippen LogP contribution is -2.03. The van der Waals surface area contributed by atoms with Crippen molar-refractivity contribution in [3.63, 3.8) is 0 Å². The van der Waals surface area contributed by atoms with Crippen LogP contribution in [-0.4, -0.2) is 25.3 Å². The Morgan fingerprint density at radius 3 is 1.95 bits per heavy atom. The summed E-state index contributed by atoms with van der Waals surface area (Å²) in [6, 6.07) is 23.6. The van der Waals surface area contributed by atoms with E-state index in [1.807, 2.05) is 20.2 Å². The van der Waals surface area contributed by atoms with Gasteiger partial charge < -0.3 is 15.7 Å². The Hall–Kier alpha value is -3.30. The van der Waals surface area contributed by atoms with E-state index in [1.165, 1.54) is 90.6 Å². The molecule has 0 saturated heterocycles. The number of hydrogen-bond acceptors (Lipinski definition) is 3. The van der Waals surface area contributed by atoms with E-state index < -0.39 is 0 Å². The van der Waals surface area contributed by atoms with Crippen LogP contribution in [0.3, 0.4) is 0 Å². The molecule has 0 heterocycles. The molecule has 3 aromatic rings. The first kappa shape index (κ1) is 35.9. The van der Waals surface area contributed by atoms with Crippen LogP contribution in [0, 0.1) is 6.92 Å². The maximum Gasteiger partial charge on any atom is 0.0552 e. The van der Waals surface area contributed by atoms with Gasteiger partial charge in [-0.05, 0) is 111 Å². The second-order valence-corrected chi connectivity index (χ2v) is 11.8. The Kier molecular flexibility index (Phi) is 17.2. The summed E-state index contributed by atoms with van der Waals surface area (Å²) in [7, 11) is 3.93. The molecule has 0 radical (unpaired) electrons. The van der Waals surface area contributed by atoms with Crippen LogP contribution in [0.25, 0.3) is 6.08 Å². The molecular formula is C40H58N2O. The molecule has 2 saturated carbocycles. The minimum Gasteiger partial charge on any atom is -0.393 e.